The average Bonchev–Trinajstić information content (AvgIpc) is 2.44. The molecule has 0 atom stereocenters. The number of nitrogens with zero attached hydrogens (tertiary/aromatic N) is 1. The van der Waals surface area contributed by atoms with Crippen molar-refractivity contribution in [2.45, 2.75) is 39.0 Å². The molecule has 4 heteroatoms. The summed E-state index contributed by atoms with van der Waals surface area (Å²) in [5, 5.41) is 3.93. The summed E-state index contributed by atoms with van der Waals surface area (Å²) in [6.07, 6.45) is 6.56. The molecule has 0 aliphatic heterocycles. The zero-order valence-corrected chi connectivity index (χ0v) is 11.7. The van der Waals surface area contributed by atoms with E-state index in [2.05, 4.69) is 17.5 Å². The maximum Gasteiger partial charge on any atom is 0.240 e. The van der Waals surface area contributed by atoms with Crippen LogP contribution in [0.5, 0.6) is 5.75 Å². The van der Waals surface area contributed by atoms with Gasteiger partial charge in [-0.2, -0.15) is 5.10 Å². The molecule has 1 N–H and O–H groups in total. The molecule has 104 valence electrons. The first-order valence-electron chi connectivity index (χ1n) is 6.72. The molecule has 0 aliphatic carbocycles. The fraction of sp³-hybridized carbons (Fsp3) is 0.467. The Labute approximate surface area is 114 Å². The summed E-state index contributed by atoms with van der Waals surface area (Å²) in [6.45, 7) is 2.15. The fourth-order valence-corrected chi connectivity index (χ4v) is 1.64. The number of amides is 1. The molecule has 4 nitrogen and oxygen atoms in total. The Hall–Kier alpha value is -1.84. The van der Waals surface area contributed by atoms with Gasteiger partial charge in [0.15, 0.2) is 0 Å². The number of hydrazone groups is 1. The third kappa shape index (κ3) is 6.60. The number of benzene rings is 1. The minimum absolute atomic E-state index is 0.0270. The van der Waals surface area contributed by atoms with Crippen molar-refractivity contribution < 1.29 is 9.53 Å². The van der Waals surface area contributed by atoms with Gasteiger partial charge in [0.05, 0.1) is 13.3 Å². The highest BCUT2D eigenvalue weighted by atomic mass is 16.5. The van der Waals surface area contributed by atoms with E-state index in [0.717, 1.165) is 24.2 Å². The Kier molecular flexibility index (Phi) is 7.32. The van der Waals surface area contributed by atoms with E-state index in [9.17, 15) is 4.79 Å². The monoisotopic (exact) mass is 262 g/mol. The molecular formula is C15H22N2O2. The summed E-state index contributed by atoms with van der Waals surface area (Å²) < 4.78 is 5.06. The third-order valence-electron chi connectivity index (χ3n) is 2.78. The quantitative estimate of drug-likeness (QED) is 0.444. The first kappa shape index (κ1) is 15.2. The Morgan fingerprint density at radius 3 is 2.63 bits per heavy atom. The van der Waals surface area contributed by atoms with Crippen molar-refractivity contribution in [3.63, 3.8) is 0 Å². The summed E-state index contributed by atoms with van der Waals surface area (Å²) >= 11 is 0. The Balaban J connectivity index is 2.26. The van der Waals surface area contributed by atoms with Crippen LogP contribution in [-0.4, -0.2) is 19.2 Å². The minimum Gasteiger partial charge on any atom is -0.497 e. The van der Waals surface area contributed by atoms with Crippen molar-refractivity contribution in [1.29, 1.82) is 0 Å². The molecule has 0 fully saturated rings. The second kappa shape index (κ2) is 9.14. The number of nitrogens with one attached hydrogen (secondary N) is 1. The van der Waals surface area contributed by atoms with E-state index in [4.69, 9.17) is 4.74 Å². The van der Waals surface area contributed by atoms with Crippen LogP contribution in [0.15, 0.2) is 29.4 Å². The van der Waals surface area contributed by atoms with Crippen LogP contribution in [0.2, 0.25) is 0 Å². The molecule has 0 aromatic heterocycles. The number of unbranched alkanes of at least 4 members (excludes halogenated alkanes) is 3. The van der Waals surface area contributed by atoms with Crippen LogP contribution in [0.3, 0.4) is 0 Å². The molecule has 0 aliphatic rings. The van der Waals surface area contributed by atoms with Crippen molar-refractivity contribution in [3.8, 4) is 5.75 Å². The molecule has 0 radical (unpaired) electrons. The maximum atomic E-state index is 11.5. The molecular weight excluding hydrogens is 240 g/mol. The molecule has 0 bridgehead atoms. The van der Waals surface area contributed by atoms with Gasteiger partial charge in [-0.25, -0.2) is 5.43 Å². The number of rotatable bonds is 8. The number of hydrogen-bond acceptors (Lipinski definition) is 3. The van der Waals surface area contributed by atoms with Crippen molar-refractivity contribution >= 4 is 12.1 Å². The molecule has 1 amide bonds. The van der Waals surface area contributed by atoms with Crippen molar-refractivity contribution in [1.82, 2.24) is 5.43 Å². The van der Waals surface area contributed by atoms with Gasteiger partial charge in [-0.3, -0.25) is 4.79 Å². The molecule has 0 saturated carbocycles. The summed E-state index contributed by atoms with van der Waals surface area (Å²) in [6, 6.07) is 7.48. The van der Waals surface area contributed by atoms with Gasteiger partial charge in [-0.15, -0.1) is 0 Å². The minimum atomic E-state index is -0.0270. The molecule has 0 spiro atoms. The number of methoxy groups -OCH3 is 1. The lowest BCUT2D eigenvalue weighted by Gasteiger charge is -2.00. The van der Waals surface area contributed by atoms with Crippen LogP contribution in [0.25, 0.3) is 0 Å². The zero-order valence-electron chi connectivity index (χ0n) is 11.7. The second-order valence-electron chi connectivity index (χ2n) is 4.38. The van der Waals surface area contributed by atoms with Gasteiger partial charge in [0.25, 0.3) is 0 Å². The SMILES string of the molecule is CCCCCCC(=O)N/N=C/c1ccc(OC)cc1. The average molecular weight is 262 g/mol. The highest BCUT2D eigenvalue weighted by Crippen LogP contribution is 2.09. The first-order chi connectivity index (χ1) is 9.26. The maximum absolute atomic E-state index is 11.5. The van der Waals surface area contributed by atoms with Crippen LogP contribution in [0.1, 0.15) is 44.6 Å². The Morgan fingerprint density at radius 1 is 1.26 bits per heavy atom. The second-order valence-corrected chi connectivity index (χ2v) is 4.38. The summed E-state index contributed by atoms with van der Waals surface area (Å²) in [7, 11) is 1.63. The first-order valence-corrected chi connectivity index (χ1v) is 6.72. The molecule has 1 aromatic rings. The summed E-state index contributed by atoms with van der Waals surface area (Å²) in [5.41, 5.74) is 3.46. The van der Waals surface area contributed by atoms with E-state index in [1.807, 2.05) is 24.3 Å². The third-order valence-corrected chi connectivity index (χ3v) is 2.78. The normalized spacial score (nSPS) is 10.6. The summed E-state index contributed by atoms with van der Waals surface area (Å²) in [5.74, 6) is 0.776. The van der Waals surface area contributed by atoms with Crippen LogP contribution in [-0.2, 0) is 4.79 Å². The highest BCUT2D eigenvalue weighted by Gasteiger charge is 1.98. The summed E-state index contributed by atoms with van der Waals surface area (Å²) in [4.78, 5) is 11.5. The van der Waals surface area contributed by atoms with Crippen molar-refractivity contribution in [2.75, 3.05) is 7.11 Å². The number of carbonyl (C=O) groups excluding carboxylic acids is 1. The van der Waals surface area contributed by atoms with Gasteiger partial charge in [0.1, 0.15) is 5.75 Å². The van der Waals surface area contributed by atoms with Gasteiger partial charge in [-0.05, 0) is 36.2 Å². The van der Waals surface area contributed by atoms with E-state index >= 15 is 0 Å². The van der Waals surface area contributed by atoms with Crippen LogP contribution in [0.4, 0.5) is 0 Å². The van der Waals surface area contributed by atoms with Crippen LogP contribution in [0, 0.1) is 0 Å². The molecule has 1 aromatic carbocycles. The van der Waals surface area contributed by atoms with Gasteiger partial charge in [0.2, 0.25) is 5.91 Å². The number of ether oxygens (including phenoxy) is 1. The predicted octanol–water partition coefficient (Wildman–Crippen LogP) is 3.12. The van der Waals surface area contributed by atoms with Crippen molar-refractivity contribution in [2.24, 2.45) is 5.10 Å². The molecule has 1 rings (SSSR count). The van der Waals surface area contributed by atoms with Crippen LogP contribution >= 0.6 is 0 Å². The molecule has 0 unspecified atom stereocenters. The fourth-order valence-electron chi connectivity index (χ4n) is 1.64. The number of hydrogen-bond donors (Lipinski definition) is 1. The van der Waals surface area contributed by atoms with E-state index in [1.54, 1.807) is 13.3 Å². The molecule has 19 heavy (non-hydrogen) atoms. The lowest BCUT2D eigenvalue weighted by atomic mass is 10.1. The topological polar surface area (TPSA) is 50.7 Å². The standard InChI is InChI=1S/C15H22N2O2/c1-3-4-5-6-7-15(18)17-16-12-13-8-10-14(19-2)11-9-13/h8-12H,3-7H2,1-2H3,(H,17,18)/b16-12+. The largest absolute Gasteiger partial charge is 0.497 e. The Bertz CT molecular complexity index is 399. The van der Waals surface area contributed by atoms with Gasteiger partial charge >= 0.3 is 0 Å². The van der Waals surface area contributed by atoms with E-state index in [1.165, 1.54) is 12.8 Å². The predicted molar refractivity (Wildman–Crippen MR) is 77.5 cm³/mol. The molecule has 0 saturated heterocycles. The van der Waals surface area contributed by atoms with E-state index in [-0.39, 0.29) is 5.91 Å². The Morgan fingerprint density at radius 2 is 2.00 bits per heavy atom. The number of carbonyl (C=O) groups is 1. The van der Waals surface area contributed by atoms with Gasteiger partial charge in [-0.1, -0.05) is 26.2 Å². The molecule has 0 heterocycles. The van der Waals surface area contributed by atoms with Crippen molar-refractivity contribution in [3.05, 3.63) is 29.8 Å². The smallest absolute Gasteiger partial charge is 0.240 e. The lowest BCUT2D eigenvalue weighted by Crippen LogP contribution is -2.16. The zero-order chi connectivity index (χ0) is 13.9. The lowest BCUT2D eigenvalue weighted by molar-refractivity contribution is -0.121. The van der Waals surface area contributed by atoms with Crippen LogP contribution < -0.4 is 10.2 Å². The highest BCUT2D eigenvalue weighted by molar-refractivity contribution is 5.82. The van der Waals surface area contributed by atoms with Gasteiger partial charge < -0.3 is 4.74 Å². The van der Waals surface area contributed by atoms with Gasteiger partial charge in [0, 0.05) is 6.42 Å². The van der Waals surface area contributed by atoms with E-state index < -0.39 is 0 Å². The van der Waals surface area contributed by atoms with E-state index in [0.29, 0.717) is 6.42 Å².